The first-order valence-corrected chi connectivity index (χ1v) is 6.29. The Labute approximate surface area is 108 Å². The van der Waals surface area contributed by atoms with Crippen LogP contribution >= 0.6 is 0 Å². The predicted octanol–water partition coefficient (Wildman–Crippen LogP) is 1.96. The quantitative estimate of drug-likeness (QED) is 0.858. The maximum absolute atomic E-state index is 11.6. The number of carbonyl (C=O) groups is 1. The molecule has 18 heavy (non-hydrogen) atoms. The Morgan fingerprint density at radius 3 is 2.61 bits per heavy atom. The summed E-state index contributed by atoms with van der Waals surface area (Å²) in [7, 11) is 2.03. The van der Waals surface area contributed by atoms with Crippen LogP contribution in [0.4, 0.5) is 5.69 Å². The monoisotopic (exact) mass is 248 g/mol. The summed E-state index contributed by atoms with van der Waals surface area (Å²) in [5, 5.41) is 12.8. The number of aliphatic carboxylic acids is 1. The first-order chi connectivity index (χ1) is 8.52. The van der Waals surface area contributed by atoms with Crippen LogP contribution in [0.3, 0.4) is 0 Å². The normalized spacial score (nSPS) is 19.4. The average Bonchev–Trinajstić information content (AvgIpc) is 2.32. The molecule has 0 spiro atoms. The van der Waals surface area contributed by atoms with Gasteiger partial charge in [-0.05, 0) is 44.5 Å². The second-order valence-electron chi connectivity index (χ2n) is 5.19. The minimum Gasteiger partial charge on any atom is -0.480 e. The van der Waals surface area contributed by atoms with Crippen molar-refractivity contribution in [2.45, 2.75) is 25.3 Å². The lowest BCUT2D eigenvalue weighted by atomic mass is 9.87. The zero-order chi connectivity index (χ0) is 13.2. The molecule has 4 heteroatoms. The van der Waals surface area contributed by atoms with Crippen molar-refractivity contribution in [3.8, 4) is 0 Å². The number of aryl methyl sites for hydroxylation is 1. The van der Waals surface area contributed by atoms with E-state index in [1.807, 2.05) is 38.2 Å². The Kier molecular flexibility index (Phi) is 3.57. The van der Waals surface area contributed by atoms with Crippen LogP contribution in [0.5, 0.6) is 0 Å². The fourth-order valence-electron chi connectivity index (χ4n) is 2.39. The summed E-state index contributed by atoms with van der Waals surface area (Å²) >= 11 is 0. The number of benzene rings is 1. The molecule has 1 fully saturated rings. The number of hydrogen-bond acceptors (Lipinski definition) is 3. The van der Waals surface area contributed by atoms with Gasteiger partial charge in [0.15, 0.2) is 0 Å². The third kappa shape index (κ3) is 2.64. The predicted molar refractivity (Wildman–Crippen MR) is 71.9 cm³/mol. The number of nitrogens with one attached hydrogen (secondary N) is 1. The van der Waals surface area contributed by atoms with E-state index >= 15 is 0 Å². The molecule has 1 aromatic rings. The van der Waals surface area contributed by atoms with E-state index in [-0.39, 0.29) is 0 Å². The van der Waals surface area contributed by atoms with Crippen LogP contribution < -0.4 is 5.32 Å². The van der Waals surface area contributed by atoms with Crippen molar-refractivity contribution in [2.24, 2.45) is 0 Å². The summed E-state index contributed by atoms with van der Waals surface area (Å²) in [5.41, 5.74) is 1.20. The summed E-state index contributed by atoms with van der Waals surface area (Å²) in [5.74, 6) is -0.753. The maximum atomic E-state index is 11.6. The lowest BCUT2D eigenvalue weighted by molar-refractivity contribution is -0.143. The molecule has 1 aliphatic heterocycles. The molecular formula is C14H20N2O2. The number of rotatable bonds is 3. The van der Waals surface area contributed by atoms with Crippen LogP contribution in [-0.2, 0) is 4.79 Å². The molecule has 1 aliphatic rings. The van der Waals surface area contributed by atoms with Gasteiger partial charge in [-0.1, -0.05) is 12.1 Å². The molecule has 1 heterocycles. The van der Waals surface area contributed by atoms with Crippen LogP contribution in [0.1, 0.15) is 18.4 Å². The highest BCUT2D eigenvalue weighted by molar-refractivity contribution is 5.83. The van der Waals surface area contributed by atoms with E-state index in [0.29, 0.717) is 12.8 Å². The van der Waals surface area contributed by atoms with Crippen molar-refractivity contribution in [1.29, 1.82) is 0 Å². The van der Waals surface area contributed by atoms with E-state index < -0.39 is 11.5 Å². The molecule has 2 N–H and O–H groups in total. The molecule has 0 unspecified atom stereocenters. The van der Waals surface area contributed by atoms with Crippen molar-refractivity contribution in [3.63, 3.8) is 0 Å². The number of likely N-dealkylation sites (tertiary alicyclic amines) is 1. The number of anilines is 1. The minimum atomic E-state index is -0.819. The Morgan fingerprint density at radius 2 is 2.06 bits per heavy atom. The van der Waals surface area contributed by atoms with Gasteiger partial charge in [0.05, 0.1) is 0 Å². The number of hydrogen-bond donors (Lipinski definition) is 2. The van der Waals surface area contributed by atoms with E-state index in [4.69, 9.17) is 0 Å². The van der Waals surface area contributed by atoms with Crippen molar-refractivity contribution in [3.05, 3.63) is 29.8 Å². The van der Waals surface area contributed by atoms with Gasteiger partial charge in [0.2, 0.25) is 0 Å². The number of carboxylic acids is 1. The standard InChI is InChI=1S/C14H20N2O2/c1-11-4-3-5-12(10-11)15-14(13(17)18)6-8-16(2)9-7-14/h3-5,10,15H,6-9H2,1-2H3,(H,17,18). The zero-order valence-electron chi connectivity index (χ0n) is 10.9. The zero-order valence-corrected chi connectivity index (χ0v) is 10.9. The van der Waals surface area contributed by atoms with E-state index in [2.05, 4.69) is 10.2 Å². The Hall–Kier alpha value is -1.55. The van der Waals surface area contributed by atoms with Gasteiger partial charge >= 0.3 is 5.97 Å². The fraction of sp³-hybridized carbons (Fsp3) is 0.500. The maximum Gasteiger partial charge on any atom is 0.329 e. The summed E-state index contributed by atoms with van der Waals surface area (Å²) in [4.78, 5) is 13.8. The molecule has 4 nitrogen and oxygen atoms in total. The SMILES string of the molecule is Cc1cccc(NC2(C(=O)O)CCN(C)CC2)c1. The van der Waals surface area contributed by atoms with Crippen molar-refractivity contribution < 1.29 is 9.90 Å². The van der Waals surface area contributed by atoms with Gasteiger partial charge < -0.3 is 15.3 Å². The largest absolute Gasteiger partial charge is 0.480 e. The smallest absolute Gasteiger partial charge is 0.329 e. The van der Waals surface area contributed by atoms with Gasteiger partial charge in [-0.2, -0.15) is 0 Å². The topological polar surface area (TPSA) is 52.6 Å². The first kappa shape index (κ1) is 12.9. The van der Waals surface area contributed by atoms with Gasteiger partial charge in [0.1, 0.15) is 5.54 Å². The Morgan fingerprint density at radius 1 is 1.39 bits per heavy atom. The second-order valence-corrected chi connectivity index (χ2v) is 5.19. The molecule has 0 aromatic heterocycles. The van der Waals surface area contributed by atoms with Gasteiger partial charge in [0.25, 0.3) is 0 Å². The van der Waals surface area contributed by atoms with Crippen LogP contribution in [0, 0.1) is 6.92 Å². The number of piperidine rings is 1. The van der Waals surface area contributed by atoms with E-state index in [1.54, 1.807) is 0 Å². The lowest BCUT2D eigenvalue weighted by Gasteiger charge is -2.38. The third-order valence-corrected chi connectivity index (χ3v) is 3.65. The molecule has 0 radical (unpaired) electrons. The molecule has 1 saturated heterocycles. The van der Waals surface area contributed by atoms with E-state index in [1.165, 1.54) is 0 Å². The third-order valence-electron chi connectivity index (χ3n) is 3.65. The molecule has 98 valence electrons. The van der Waals surface area contributed by atoms with Crippen LogP contribution in [0.2, 0.25) is 0 Å². The van der Waals surface area contributed by atoms with Crippen molar-refractivity contribution in [1.82, 2.24) is 4.90 Å². The summed E-state index contributed by atoms with van der Waals surface area (Å²) < 4.78 is 0. The first-order valence-electron chi connectivity index (χ1n) is 6.29. The second kappa shape index (κ2) is 4.98. The summed E-state index contributed by atoms with van der Waals surface area (Å²) in [6.45, 7) is 3.63. The van der Waals surface area contributed by atoms with Crippen LogP contribution in [-0.4, -0.2) is 41.7 Å². The molecule has 0 aliphatic carbocycles. The van der Waals surface area contributed by atoms with E-state index in [0.717, 1.165) is 24.3 Å². The molecule has 0 saturated carbocycles. The number of carboxylic acid groups (broad SMARTS) is 1. The van der Waals surface area contributed by atoms with Gasteiger partial charge in [-0.25, -0.2) is 4.79 Å². The minimum absolute atomic E-state index is 0.632. The van der Waals surface area contributed by atoms with Crippen LogP contribution in [0.15, 0.2) is 24.3 Å². The van der Waals surface area contributed by atoms with Crippen LogP contribution in [0.25, 0.3) is 0 Å². The fourth-order valence-corrected chi connectivity index (χ4v) is 2.39. The summed E-state index contributed by atoms with van der Waals surface area (Å²) in [6.07, 6.45) is 1.26. The molecule has 2 rings (SSSR count). The number of nitrogens with zero attached hydrogens (tertiary/aromatic N) is 1. The lowest BCUT2D eigenvalue weighted by Crippen LogP contribution is -2.53. The Bertz CT molecular complexity index is 437. The highest BCUT2D eigenvalue weighted by Gasteiger charge is 2.40. The van der Waals surface area contributed by atoms with Gasteiger partial charge in [-0.3, -0.25) is 0 Å². The molecule has 0 bridgehead atoms. The molecular weight excluding hydrogens is 228 g/mol. The van der Waals surface area contributed by atoms with Crippen molar-refractivity contribution in [2.75, 3.05) is 25.5 Å². The van der Waals surface area contributed by atoms with Crippen molar-refractivity contribution >= 4 is 11.7 Å². The van der Waals surface area contributed by atoms with E-state index in [9.17, 15) is 9.90 Å². The highest BCUT2D eigenvalue weighted by atomic mass is 16.4. The highest BCUT2D eigenvalue weighted by Crippen LogP contribution is 2.27. The average molecular weight is 248 g/mol. The Balaban J connectivity index is 2.19. The summed E-state index contributed by atoms with van der Waals surface area (Å²) in [6, 6.07) is 7.87. The van der Waals surface area contributed by atoms with Gasteiger partial charge in [0, 0.05) is 18.8 Å². The van der Waals surface area contributed by atoms with Gasteiger partial charge in [-0.15, -0.1) is 0 Å². The molecule has 1 aromatic carbocycles. The molecule has 0 amide bonds. The molecule has 0 atom stereocenters.